The smallest absolute Gasteiger partial charge is 0.253 e. The standard InChI is InChI=1S/C17H15Cl3IN3O2S/c1-26-13-8-3-2-7-12(13)22-16(27)24-15(17(18,19)20)23-14(25)10-5-4-6-11(21)9-10/h2-9,15H,1H3,(H,23,25)(H2,22,24,27)/t15-/m1/s1. The molecule has 0 unspecified atom stereocenters. The van der Waals surface area contributed by atoms with Gasteiger partial charge in [-0.1, -0.05) is 53.0 Å². The lowest BCUT2D eigenvalue weighted by molar-refractivity contribution is 0.0934. The Morgan fingerprint density at radius 2 is 1.85 bits per heavy atom. The Kier molecular flexibility index (Phi) is 8.23. The summed E-state index contributed by atoms with van der Waals surface area (Å²) < 4.78 is 4.32. The van der Waals surface area contributed by atoms with Gasteiger partial charge < -0.3 is 20.7 Å². The van der Waals surface area contributed by atoms with Crippen LogP contribution >= 0.6 is 69.6 Å². The zero-order valence-electron chi connectivity index (χ0n) is 13.9. The van der Waals surface area contributed by atoms with Crippen LogP contribution in [0.5, 0.6) is 5.75 Å². The highest BCUT2D eigenvalue weighted by Gasteiger charge is 2.35. The number of para-hydroxylation sites is 2. The summed E-state index contributed by atoms with van der Waals surface area (Å²) in [5.74, 6) is 0.187. The second-order valence-corrected chi connectivity index (χ2v) is 9.28. The number of halogens is 4. The molecule has 1 amide bonds. The molecule has 0 bridgehead atoms. The van der Waals surface area contributed by atoms with E-state index >= 15 is 0 Å². The Morgan fingerprint density at radius 1 is 1.15 bits per heavy atom. The molecule has 0 radical (unpaired) electrons. The van der Waals surface area contributed by atoms with Crippen molar-refractivity contribution < 1.29 is 9.53 Å². The number of nitrogens with one attached hydrogen (secondary N) is 3. The number of rotatable bonds is 5. The van der Waals surface area contributed by atoms with Gasteiger partial charge in [-0.15, -0.1) is 0 Å². The molecule has 0 saturated heterocycles. The first-order valence-corrected chi connectivity index (χ1v) is 10.2. The number of alkyl halides is 3. The molecule has 0 aliphatic carbocycles. The van der Waals surface area contributed by atoms with Crippen LogP contribution in [0.15, 0.2) is 48.5 Å². The number of hydrogen-bond acceptors (Lipinski definition) is 3. The van der Waals surface area contributed by atoms with E-state index in [0.717, 1.165) is 3.57 Å². The normalized spacial score (nSPS) is 12.0. The van der Waals surface area contributed by atoms with Gasteiger partial charge in [-0.25, -0.2) is 0 Å². The minimum absolute atomic E-state index is 0.152. The summed E-state index contributed by atoms with van der Waals surface area (Å²) >= 11 is 25.4. The minimum Gasteiger partial charge on any atom is -0.495 e. The maximum Gasteiger partial charge on any atom is 0.253 e. The van der Waals surface area contributed by atoms with Crippen LogP contribution < -0.4 is 20.7 Å². The lowest BCUT2D eigenvalue weighted by Crippen LogP contribution is -2.56. The van der Waals surface area contributed by atoms with Gasteiger partial charge >= 0.3 is 0 Å². The molecule has 5 nitrogen and oxygen atoms in total. The van der Waals surface area contributed by atoms with Crippen molar-refractivity contribution >= 4 is 86.3 Å². The van der Waals surface area contributed by atoms with Crippen LogP contribution in [0, 0.1) is 3.57 Å². The zero-order chi connectivity index (χ0) is 20.0. The molecule has 0 aliphatic rings. The van der Waals surface area contributed by atoms with E-state index in [4.69, 9.17) is 51.8 Å². The number of benzene rings is 2. The van der Waals surface area contributed by atoms with Gasteiger partial charge in [0.2, 0.25) is 3.79 Å². The Labute approximate surface area is 191 Å². The Balaban J connectivity index is 2.10. The van der Waals surface area contributed by atoms with Crippen molar-refractivity contribution in [3.63, 3.8) is 0 Å². The SMILES string of the molecule is COc1ccccc1NC(=S)N[C@@H](NC(=O)c1cccc(I)c1)C(Cl)(Cl)Cl. The van der Waals surface area contributed by atoms with Crippen LogP contribution in [-0.2, 0) is 0 Å². The van der Waals surface area contributed by atoms with Crippen LogP contribution in [0.25, 0.3) is 0 Å². The number of ether oxygens (including phenoxy) is 1. The van der Waals surface area contributed by atoms with E-state index in [2.05, 4.69) is 38.5 Å². The molecule has 0 aliphatic heterocycles. The quantitative estimate of drug-likeness (QED) is 0.215. The summed E-state index contributed by atoms with van der Waals surface area (Å²) in [6.07, 6.45) is -1.07. The molecule has 144 valence electrons. The van der Waals surface area contributed by atoms with E-state index in [-0.39, 0.29) is 5.11 Å². The molecule has 2 rings (SSSR count). The predicted octanol–water partition coefficient (Wildman–Crippen LogP) is 4.71. The van der Waals surface area contributed by atoms with Gasteiger partial charge in [0.1, 0.15) is 11.9 Å². The third kappa shape index (κ3) is 6.83. The fraction of sp³-hybridized carbons (Fsp3) is 0.176. The lowest BCUT2D eigenvalue weighted by Gasteiger charge is -2.28. The number of hydrogen-bond donors (Lipinski definition) is 3. The molecular formula is C17H15Cl3IN3O2S. The van der Waals surface area contributed by atoms with Gasteiger partial charge in [-0.2, -0.15) is 0 Å². The van der Waals surface area contributed by atoms with Crippen molar-refractivity contribution in [3.8, 4) is 5.75 Å². The minimum atomic E-state index is -1.84. The molecule has 2 aromatic rings. The largest absolute Gasteiger partial charge is 0.495 e. The van der Waals surface area contributed by atoms with E-state index in [1.807, 2.05) is 18.2 Å². The number of carbonyl (C=O) groups excluding carboxylic acids is 1. The molecule has 0 heterocycles. The lowest BCUT2D eigenvalue weighted by atomic mass is 10.2. The molecule has 0 aromatic heterocycles. The van der Waals surface area contributed by atoms with Gasteiger partial charge in [0.05, 0.1) is 12.8 Å². The molecule has 3 N–H and O–H groups in total. The summed E-state index contributed by atoms with van der Waals surface area (Å²) in [5, 5.41) is 8.55. The second-order valence-electron chi connectivity index (χ2n) is 5.26. The molecule has 10 heteroatoms. The highest BCUT2D eigenvalue weighted by Crippen LogP contribution is 2.30. The van der Waals surface area contributed by atoms with E-state index in [1.165, 1.54) is 0 Å². The molecular weight excluding hydrogens is 544 g/mol. The topological polar surface area (TPSA) is 62.4 Å². The monoisotopic (exact) mass is 557 g/mol. The highest BCUT2D eigenvalue weighted by atomic mass is 127. The number of amides is 1. The van der Waals surface area contributed by atoms with E-state index < -0.39 is 15.9 Å². The van der Waals surface area contributed by atoms with Crippen LogP contribution in [-0.4, -0.2) is 28.1 Å². The van der Waals surface area contributed by atoms with Crippen LogP contribution in [0.2, 0.25) is 0 Å². The highest BCUT2D eigenvalue weighted by molar-refractivity contribution is 14.1. The fourth-order valence-corrected chi connectivity index (χ4v) is 3.18. The van der Waals surface area contributed by atoms with Crippen molar-refractivity contribution in [2.75, 3.05) is 12.4 Å². The summed E-state index contributed by atoms with van der Waals surface area (Å²) in [4.78, 5) is 12.5. The van der Waals surface area contributed by atoms with Gasteiger partial charge in [-0.05, 0) is 65.1 Å². The van der Waals surface area contributed by atoms with Crippen molar-refractivity contribution in [1.82, 2.24) is 10.6 Å². The maximum atomic E-state index is 12.5. The van der Waals surface area contributed by atoms with Gasteiger partial charge in [0.25, 0.3) is 5.91 Å². The van der Waals surface area contributed by atoms with Crippen molar-refractivity contribution in [3.05, 3.63) is 57.7 Å². The summed E-state index contributed by atoms with van der Waals surface area (Å²) in [6.45, 7) is 0. The average molecular weight is 559 g/mol. The summed E-state index contributed by atoms with van der Waals surface area (Å²) in [7, 11) is 1.54. The summed E-state index contributed by atoms with van der Waals surface area (Å²) in [5.41, 5.74) is 1.07. The Bertz CT molecular complexity index is 833. The van der Waals surface area contributed by atoms with Gasteiger partial charge in [0, 0.05) is 9.13 Å². The van der Waals surface area contributed by atoms with Crippen molar-refractivity contribution in [2.24, 2.45) is 0 Å². The second kappa shape index (κ2) is 9.97. The molecule has 0 fully saturated rings. The zero-order valence-corrected chi connectivity index (χ0v) is 19.2. The number of methoxy groups -OCH3 is 1. The fourth-order valence-electron chi connectivity index (χ4n) is 2.08. The Hall–Kier alpha value is -1.000. The first-order chi connectivity index (χ1) is 12.7. The van der Waals surface area contributed by atoms with E-state index in [9.17, 15) is 4.79 Å². The first-order valence-electron chi connectivity index (χ1n) is 7.54. The van der Waals surface area contributed by atoms with Gasteiger partial charge in [-0.3, -0.25) is 4.79 Å². The third-order valence-electron chi connectivity index (χ3n) is 3.32. The first kappa shape index (κ1) is 22.3. The van der Waals surface area contributed by atoms with Gasteiger partial charge in [0.15, 0.2) is 5.11 Å². The molecule has 2 aromatic carbocycles. The van der Waals surface area contributed by atoms with E-state index in [0.29, 0.717) is 17.0 Å². The Morgan fingerprint density at radius 3 is 2.48 bits per heavy atom. The average Bonchev–Trinajstić information content (AvgIpc) is 2.60. The molecule has 27 heavy (non-hydrogen) atoms. The number of carbonyl (C=O) groups is 1. The van der Waals surface area contributed by atoms with E-state index in [1.54, 1.807) is 37.4 Å². The van der Waals surface area contributed by atoms with Crippen LogP contribution in [0.3, 0.4) is 0 Å². The van der Waals surface area contributed by atoms with Crippen LogP contribution in [0.1, 0.15) is 10.4 Å². The van der Waals surface area contributed by atoms with Crippen molar-refractivity contribution in [2.45, 2.75) is 9.96 Å². The predicted molar refractivity (Wildman–Crippen MR) is 123 cm³/mol. The van der Waals surface area contributed by atoms with Crippen molar-refractivity contribution in [1.29, 1.82) is 0 Å². The third-order valence-corrected chi connectivity index (χ3v) is 4.87. The maximum absolute atomic E-state index is 12.5. The molecule has 0 spiro atoms. The summed E-state index contributed by atoms with van der Waals surface area (Å²) in [6, 6.07) is 14.2. The molecule has 1 atom stereocenters. The number of anilines is 1. The molecule has 0 saturated carbocycles. The number of thiocarbonyl (C=S) groups is 1. The van der Waals surface area contributed by atoms with Crippen LogP contribution in [0.4, 0.5) is 5.69 Å².